The summed E-state index contributed by atoms with van der Waals surface area (Å²) in [6, 6.07) is 0. The van der Waals surface area contributed by atoms with E-state index in [0.717, 1.165) is 6.42 Å². The standard InChI is InChI=1S/C17H35NO2/c1-8-9-10-11-16(4,5)19-12-14(2)17(6,7)20-13-15(3)18/h14,18H,8-13H2,1-7H3. The summed E-state index contributed by atoms with van der Waals surface area (Å²) in [4.78, 5) is 0. The number of hydrogen-bond acceptors (Lipinski definition) is 3. The molecular weight excluding hydrogens is 250 g/mol. The van der Waals surface area contributed by atoms with Gasteiger partial charge in [0, 0.05) is 11.6 Å². The third kappa shape index (κ3) is 8.70. The Kier molecular flexibility index (Phi) is 8.60. The monoisotopic (exact) mass is 285 g/mol. The summed E-state index contributed by atoms with van der Waals surface area (Å²) in [6.45, 7) is 15.7. The summed E-state index contributed by atoms with van der Waals surface area (Å²) in [5.74, 6) is 0.298. The van der Waals surface area contributed by atoms with Crippen LogP contribution in [-0.4, -0.2) is 30.1 Å². The molecule has 3 heteroatoms. The fourth-order valence-corrected chi connectivity index (χ4v) is 1.86. The second-order valence-electron chi connectivity index (χ2n) is 7.10. The molecule has 1 atom stereocenters. The van der Waals surface area contributed by atoms with Crippen LogP contribution in [0.2, 0.25) is 0 Å². The van der Waals surface area contributed by atoms with Gasteiger partial charge in [0.15, 0.2) is 0 Å². The summed E-state index contributed by atoms with van der Waals surface area (Å²) in [5, 5.41) is 7.45. The van der Waals surface area contributed by atoms with Crippen LogP contribution < -0.4 is 0 Å². The highest BCUT2D eigenvalue weighted by Gasteiger charge is 2.29. The first-order valence-corrected chi connectivity index (χ1v) is 7.92. The van der Waals surface area contributed by atoms with E-state index >= 15 is 0 Å². The predicted octanol–water partition coefficient (Wildman–Crippen LogP) is 4.83. The van der Waals surface area contributed by atoms with E-state index in [4.69, 9.17) is 14.9 Å². The molecule has 0 heterocycles. The van der Waals surface area contributed by atoms with Gasteiger partial charge >= 0.3 is 0 Å². The molecule has 0 saturated carbocycles. The topological polar surface area (TPSA) is 42.3 Å². The molecule has 0 aliphatic carbocycles. The Balaban J connectivity index is 4.17. The van der Waals surface area contributed by atoms with E-state index in [9.17, 15) is 0 Å². The van der Waals surface area contributed by atoms with Crippen LogP contribution in [0.1, 0.15) is 74.1 Å². The minimum atomic E-state index is -0.262. The van der Waals surface area contributed by atoms with Crippen LogP contribution in [0.4, 0.5) is 0 Å². The highest BCUT2D eigenvalue weighted by Crippen LogP contribution is 2.25. The lowest BCUT2D eigenvalue weighted by atomic mass is 9.92. The van der Waals surface area contributed by atoms with Gasteiger partial charge in [-0.1, -0.05) is 33.1 Å². The number of unbranched alkanes of at least 4 members (excludes halogenated alkanes) is 2. The molecule has 0 aromatic rings. The molecule has 0 aliphatic heterocycles. The van der Waals surface area contributed by atoms with E-state index in [1.54, 1.807) is 6.92 Å². The SMILES string of the molecule is CCCCCC(C)(C)OCC(C)C(C)(C)OCC(C)=N. The van der Waals surface area contributed by atoms with E-state index in [-0.39, 0.29) is 11.2 Å². The molecule has 1 N–H and O–H groups in total. The van der Waals surface area contributed by atoms with Crippen molar-refractivity contribution in [3.63, 3.8) is 0 Å². The smallest absolute Gasteiger partial charge is 0.0846 e. The van der Waals surface area contributed by atoms with Crippen LogP contribution in [0.5, 0.6) is 0 Å². The van der Waals surface area contributed by atoms with Gasteiger partial charge in [0.05, 0.1) is 24.4 Å². The molecule has 0 spiro atoms. The van der Waals surface area contributed by atoms with Crippen molar-refractivity contribution in [3.05, 3.63) is 0 Å². The summed E-state index contributed by atoms with van der Waals surface area (Å²) < 4.78 is 11.9. The largest absolute Gasteiger partial charge is 0.375 e. The normalized spacial score (nSPS) is 14.3. The summed E-state index contributed by atoms with van der Waals surface area (Å²) in [5.41, 5.74) is 0.241. The number of hydrogen-bond donors (Lipinski definition) is 1. The third-order valence-electron chi connectivity index (χ3n) is 3.95. The van der Waals surface area contributed by atoms with Gasteiger partial charge in [-0.2, -0.15) is 0 Å². The van der Waals surface area contributed by atoms with Crippen molar-refractivity contribution in [2.45, 2.75) is 85.4 Å². The zero-order valence-electron chi connectivity index (χ0n) is 14.6. The maximum absolute atomic E-state index is 7.45. The number of rotatable bonds is 11. The molecule has 1 unspecified atom stereocenters. The minimum Gasteiger partial charge on any atom is -0.375 e. The Morgan fingerprint density at radius 1 is 1.10 bits per heavy atom. The number of ether oxygens (including phenoxy) is 2. The number of nitrogens with one attached hydrogen (secondary N) is 1. The van der Waals surface area contributed by atoms with Gasteiger partial charge in [0.2, 0.25) is 0 Å². The zero-order valence-corrected chi connectivity index (χ0v) is 14.6. The Morgan fingerprint density at radius 3 is 2.20 bits per heavy atom. The van der Waals surface area contributed by atoms with E-state index in [1.807, 2.05) is 0 Å². The second-order valence-corrected chi connectivity index (χ2v) is 7.10. The van der Waals surface area contributed by atoms with Crippen molar-refractivity contribution in [3.8, 4) is 0 Å². The van der Waals surface area contributed by atoms with Crippen molar-refractivity contribution in [1.82, 2.24) is 0 Å². The molecule has 0 bridgehead atoms. The molecular formula is C17H35NO2. The first kappa shape index (κ1) is 19.6. The fraction of sp³-hybridized carbons (Fsp3) is 0.941. The van der Waals surface area contributed by atoms with Gasteiger partial charge < -0.3 is 14.9 Å². The molecule has 0 saturated heterocycles. The summed E-state index contributed by atoms with van der Waals surface area (Å²) in [7, 11) is 0. The van der Waals surface area contributed by atoms with E-state index in [1.165, 1.54) is 19.3 Å². The van der Waals surface area contributed by atoms with Crippen molar-refractivity contribution in [2.75, 3.05) is 13.2 Å². The van der Waals surface area contributed by atoms with Gasteiger partial charge in [-0.3, -0.25) is 0 Å². The van der Waals surface area contributed by atoms with Gasteiger partial charge in [-0.15, -0.1) is 0 Å². The van der Waals surface area contributed by atoms with Gasteiger partial charge in [0.1, 0.15) is 0 Å². The molecule has 3 nitrogen and oxygen atoms in total. The second kappa shape index (κ2) is 8.78. The third-order valence-corrected chi connectivity index (χ3v) is 3.95. The van der Waals surface area contributed by atoms with E-state index in [0.29, 0.717) is 24.8 Å². The van der Waals surface area contributed by atoms with Crippen LogP contribution in [-0.2, 0) is 9.47 Å². The van der Waals surface area contributed by atoms with Crippen LogP contribution in [0.3, 0.4) is 0 Å². The lowest BCUT2D eigenvalue weighted by Gasteiger charge is -2.35. The van der Waals surface area contributed by atoms with Gasteiger partial charge in [-0.05, 0) is 41.0 Å². The Hall–Kier alpha value is -0.410. The van der Waals surface area contributed by atoms with Crippen LogP contribution >= 0.6 is 0 Å². The fourth-order valence-electron chi connectivity index (χ4n) is 1.86. The molecule has 0 fully saturated rings. The molecule has 20 heavy (non-hydrogen) atoms. The van der Waals surface area contributed by atoms with E-state index < -0.39 is 0 Å². The molecule has 120 valence electrons. The van der Waals surface area contributed by atoms with E-state index in [2.05, 4.69) is 41.5 Å². The average Bonchev–Trinajstić information content (AvgIpc) is 2.34. The molecule has 0 aromatic carbocycles. The first-order chi connectivity index (χ1) is 9.10. The lowest BCUT2D eigenvalue weighted by Crippen LogP contribution is -2.39. The molecule has 0 aliphatic rings. The van der Waals surface area contributed by atoms with Crippen molar-refractivity contribution in [2.24, 2.45) is 5.92 Å². The first-order valence-electron chi connectivity index (χ1n) is 7.92. The van der Waals surface area contributed by atoms with Crippen LogP contribution in [0.25, 0.3) is 0 Å². The highest BCUT2D eigenvalue weighted by atomic mass is 16.5. The Morgan fingerprint density at radius 2 is 1.70 bits per heavy atom. The molecule has 0 aromatic heterocycles. The van der Waals surface area contributed by atoms with Crippen molar-refractivity contribution < 1.29 is 9.47 Å². The van der Waals surface area contributed by atoms with Gasteiger partial charge in [-0.25, -0.2) is 0 Å². The Bertz CT molecular complexity index is 285. The maximum atomic E-state index is 7.45. The Labute approximate surface area is 125 Å². The minimum absolute atomic E-state index is 0.0586. The van der Waals surface area contributed by atoms with Crippen molar-refractivity contribution in [1.29, 1.82) is 5.41 Å². The lowest BCUT2D eigenvalue weighted by molar-refractivity contribution is -0.0998. The van der Waals surface area contributed by atoms with Gasteiger partial charge in [0.25, 0.3) is 0 Å². The molecule has 0 rings (SSSR count). The van der Waals surface area contributed by atoms with Crippen LogP contribution in [0.15, 0.2) is 0 Å². The average molecular weight is 285 g/mol. The highest BCUT2D eigenvalue weighted by molar-refractivity contribution is 5.79. The summed E-state index contributed by atoms with van der Waals surface area (Å²) >= 11 is 0. The predicted molar refractivity (Wildman–Crippen MR) is 86.8 cm³/mol. The quantitative estimate of drug-likeness (QED) is 0.436. The zero-order chi connectivity index (χ0) is 15.8. The maximum Gasteiger partial charge on any atom is 0.0846 e. The summed E-state index contributed by atoms with van der Waals surface area (Å²) in [6.07, 6.45) is 4.85. The van der Waals surface area contributed by atoms with Crippen molar-refractivity contribution >= 4 is 5.71 Å². The van der Waals surface area contributed by atoms with Crippen LogP contribution in [0, 0.1) is 11.3 Å². The molecule has 0 radical (unpaired) electrons. The molecule has 0 amide bonds.